The summed E-state index contributed by atoms with van der Waals surface area (Å²) in [5, 5.41) is 2.52. The summed E-state index contributed by atoms with van der Waals surface area (Å²) in [6, 6.07) is 13.9. The van der Waals surface area contributed by atoms with Gasteiger partial charge in [0.25, 0.3) is 0 Å². The number of nitrogens with zero attached hydrogens (tertiary/aromatic N) is 1. The molecule has 1 aliphatic rings. The number of rotatable bonds is 0. The molecular formula is C16H10ClNO. The quantitative estimate of drug-likeness (QED) is 0.420. The van der Waals surface area contributed by atoms with E-state index in [4.69, 9.17) is 16.3 Å². The maximum atomic E-state index is 6.25. The highest BCUT2D eigenvalue weighted by Gasteiger charge is 2.23. The van der Waals surface area contributed by atoms with Crippen molar-refractivity contribution in [2.24, 2.45) is 0 Å². The van der Waals surface area contributed by atoms with Crippen LogP contribution in [0, 0.1) is 6.92 Å². The number of fused-ring (bicyclic) bond motifs is 2. The lowest BCUT2D eigenvalue weighted by molar-refractivity contribution is 0.487. The Morgan fingerprint density at radius 1 is 1.00 bits per heavy atom. The minimum atomic E-state index is 0.529. The molecule has 1 aliphatic heterocycles. The SMILES string of the molecule is Cc1nc(Cl)c2cccc3c2c1-c1ccccc1O3. The number of para-hydroxylation sites is 1. The molecule has 1 aromatic heterocycles. The molecule has 3 heteroatoms. The van der Waals surface area contributed by atoms with E-state index in [0.29, 0.717) is 5.15 Å². The van der Waals surface area contributed by atoms with Crippen LogP contribution in [0.4, 0.5) is 0 Å². The predicted molar refractivity (Wildman–Crippen MR) is 77.0 cm³/mol. The van der Waals surface area contributed by atoms with E-state index in [0.717, 1.165) is 39.1 Å². The summed E-state index contributed by atoms with van der Waals surface area (Å²) >= 11 is 6.25. The first-order chi connectivity index (χ1) is 9.25. The van der Waals surface area contributed by atoms with Crippen LogP contribution < -0.4 is 4.74 Å². The Bertz CT molecular complexity index is 826. The number of hydrogen-bond donors (Lipinski definition) is 0. The Hall–Kier alpha value is -2.06. The zero-order chi connectivity index (χ0) is 13.0. The molecule has 0 spiro atoms. The maximum Gasteiger partial charge on any atom is 0.137 e. The van der Waals surface area contributed by atoms with Crippen molar-refractivity contribution < 1.29 is 4.74 Å². The van der Waals surface area contributed by atoms with Crippen LogP contribution in [-0.2, 0) is 0 Å². The number of aromatic nitrogens is 1. The molecule has 0 fully saturated rings. The third-order valence-corrected chi connectivity index (χ3v) is 3.79. The number of ether oxygens (including phenoxy) is 1. The minimum absolute atomic E-state index is 0.529. The number of aryl methyl sites for hydroxylation is 1. The second kappa shape index (κ2) is 3.72. The van der Waals surface area contributed by atoms with Crippen molar-refractivity contribution in [3.05, 3.63) is 53.3 Å². The molecule has 0 radical (unpaired) electrons. The van der Waals surface area contributed by atoms with Crippen LogP contribution in [-0.4, -0.2) is 4.98 Å². The van der Waals surface area contributed by atoms with Crippen LogP contribution in [0.25, 0.3) is 21.9 Å². The molecule has 0 saturated heterocycles. The normalized spacial score (nSPS) is 12.1. The highest BCUT2D eigenvalue weighted by atomic mass is 35.5. The zero-order valence-electron chi connectivity index (χ0n) is 10.3. The van der Waals surface area contributed by atoms with Gasteiger partial charge >= 0.3 is 0 Å². The van der Waals surface area contributed by atoms with Crippen LogP contribution in [0.5, 0.6) is 11.5 Å². The van der Waals surface area contributed by atoms with Gasteiger partial charge in [0.15, 0.2) is 0 Å². The van der Waals surface area contributed by atoms with Gasteiger partial charge in [-0.1, -0.05) is 41.9 Å². The van der Waals surface area contributed by atoms with Crippen molar-refractivity contribution in [3.63, 3.8) is 0 Å². The van der Waals surface area contributed by atoms with Crippen LogP contribution in [0.1, 0.15) is 5.69 Å². The van der Waals surface area contributed by atoms with Gasteiger partial charge in [-0.2, -0.15) is 0 Å². The molecule has 19 heavy (non-hydrogen) atoms. The number of benzene rings is 2. The van der Waals surface area contributed by atoms with E-state index in [1.165, 1.54) is 0 Å². The number of pyridine rings is 1. The summed E-state index contributed by atoms with van der Waals surface area (Å²) in [4.78, 5) is 4.46. The molecule has 0 saturated carbocycles. The van der Waals surface area contributed by atoms with Crippen LogP contribution >= 0.6 is 11.6 Å². The van der Waals surface area contributed by atoms with Gasteiger partial charge in [-0.3, -0.25) is 0 Å². The fourth-order valence-electron chi connectivity index (χ4n) is 2.70. The van der Waals surface area contributed by atoms with E-state index >= 15 is 0 Å². The molecule has 0 N–H and O–H groups in total. The first-order valence-corrected chi connectivity index (χ1v) is 6.49. The first kappa shape index (κ1) is 10.8. The summed E-state index contributed by atoms with van der Waals surface area (Å²) < 4.78 is 5.97. The number of hydrogen-bond acceptors (Lipinski definition) is 2. The Morgan fingerprint density at radius 3 is 2.68 bits per heavy atom. The Labute approximate surface area is 115 Å². The Balaban J connectivity index is 2.26. The van der Waals surface area contributed by atoms with E-state index in [-0.39, 0.29) is 0 Å². The van der Waals surface area contributed by atoms with Gasteiger partial charge < -0.3 is 4.74 Å². The summed E-state index contributed by atoms with van der Waals surface area (Å²) in [6.45, 7) is 1.99. The fourth-order valence-corrected chi connectivity index (χ4v) is 2.98. The van der Waals surface area contributed by atoms with Crippen LogP contribution in [0.3, 0.4) is 0 Å². The molecule has 0 atom stereocenters. The summed E-state index contributed by atoms with van der Waals surface area (Å²) in [7, 11) is 0. The van der Waals surface area contributed by atoms with E-state index in [1.54, 1.807) is 0 Å². The first-order valence-electron chi connectivity index (χ1n) is 6.12. The predicted octanol–water partition coefficient (Wildman–Crippen LogP) is 4.97. The van der Waals surface area contributed by atoms with Crippen molar-refractivity contribution in [3.8, 4) is 22.6 Å². The molecule has 2 heterocycles. The molecule has 0 aliphatic carbocycles. The molecule has 0 amide bonds. The van der Waals surface area contributed by atoms with Crippen molar-refractivity contribution in [2.75, 3.05) is 0 Å². The summed E-state index contributed by atoms with van der Waals surface area (Å²) in [6.07, 6.45) is 0. The lowest BCUT2D eigenvalue weighted by atomic mass is 9.94. The Morgan fingerprint density at radius 2 is 1.79 bits per heavy atom. The standard InChI is InChI=1S/C16H10ClNO/c1-9-14-10-5-2-3-7-12(10)19-13-8-4-6-11(15(13)14)16(17)18-9/h2-8H,1H3. The molecule has 2 aromatic carbocycles. The molecule has 3 aromatic rings. The summed E-state index contributed by atoms with van der Waals surface area (Å²) in [5.41, 5.74) is 3.13. The smallest absolute Gasteiger partial charge is 0.137 e. The van der Waals surface area contributed by atoms with Gasteiger partial charge in [0, 0.05) is 27.6 Å². The van der Waals surface area contributed by atoms with Gasteiger partial charge in [0.05, 0.1) is 0 Å². The second-order valence-electron chi connectivity index (χ2n) is 4.64. The van der Waals surface area contributed by atoms with E-state index in [2.05, 4.69) is 11.1 Å². The van der Waals surface area contributed by atoms with Crippen LogP contribution in [0.15, 0.2) is 42.5 Å². The molecular weight excluding hydrogens is 258 g/mol. The molecule has 0 unspecified atom stereocenters. The highest BCUT2D eigenvalue weighted by Crippen LogP contribution is 2.48. The van der Waals surface area contributed by atoms with Crippen molar-refractivity contribution in [1.29, 1.82) is 0 Å². The topological polar surface area (TPSA) is 22.1 Å². The van der Waals surface area contributed by atoms with Gasteiger partial charge in [0.2, 0.25) is 0 Å². The largest absolute Gasteiger partial charge is 0.456 e. The van der Waals surface area contributed by atoms with Gasteiger partial charge in [-0.25, -0.2) is 4.98 Å². The third-order valence-electron chi connectivity index (χ3n) is 3.50. The van der Waals surface area contributed by atoms with E-state index in [9.17, 15) is 0 Å². The van der Waals surface area contributed by atoms with Gasteiger partial charge in [-0.05, 0) is 19.1 Å². The van der Waals surface area contributed by atoms with Crippen LogP contribution in [0.2, 0.25) is 5.15 Å². The van der Waals surface area contributed by atoms with Crippen molar-refractivity contribution in [2.45, 2.75) is 6.92 Å². The van der Waals surface area contributed by atoms with Crippen molar-refractivity contribution in [1.82, 2.24) is 4.98 Å². The lowest BCUT2D eigenvalue weighted by Gasteiger charge is -2.22. The second-order valence-corrected chi connectivity index (χ2v) is 5.00. The van der Waals surface area contributed by atoms with Crippen molar-refractivity contribution >= 4 is 22.4 Å². The monoisotopic (exact) mass is 267 g/mol. The highest BCUT2D eigenvalue weighted by molar-refractivity contribution is 6.35. The minimum Gasteiger partial charge on any atom is -0.456 e. The van der Waals surface area contributed by atoms with E-state index < -0.39 is 0 Å². The molecule has 0 bridgehead atoms. The van der Waals surface area contributed by atoms with E-state index in [1.807, 2.05) is 43.3 Å². The maximum absolute atomic E-state index is 6.25. The molecule has 2 nitrogen and oxygen atoms in total. The van der Waals surface area contributed by atoms with Gasteiger partial charge in [-0.15, -0.1) is 0 Å². The number of halogens is 1. The fraction of sp³-hybridized carbons (Fsp3) is 0.0625. The average molecular weight is 268 g/mol. The third kappa shape index (κ3) is 1.41. The molecule has 4 rings (SSSR count). The molecule has 92 valence electrons. The average Bonchev–Trinajstić information content (AvgIpc) is 2.42. The Kier molecular flexibility index (Phi) is 2.12. The lowest BCUT2D eigenvalue weighted by Crippen LogP contribution is -2.00. The zero-order valence-corrected chi connectivity index (χ0v) is 11.0. The summed E-state index contributed by atoms with van der Waals surface area (Å²) in [5.74, 6) is 1.72. The van der Waals surface area contributed by atoms with Gasteiger partial charge in [0.1, 0.15) is 16.7 Å².